The van der Waals surface area contributed by atoms with Crippen molar-refractivity contribution in [1.82, 2.24) is 5.32 Å². The molecular formula is C14H27NO. The molecule has 1 heterocycles. The molecule has 3 atom stereocenters. The Kier molecular flexibility index (Phi) is 4.66. The third-order valence-electron chi connectivity index (χ3n) is 4.19. The lowest BCUT2D eigenvalue weighted by Crippen LogP contribution is -2.37. The minimum atomic E-state index is 0.779. The molecule has 2 heteroatoms. The van der Waals surface area contributed by atoms with Crippen LogP contribution in [0.25, 0.3) is 0 Å². The second-order valence-electron chi connectivity index (χ2n) is 6.09. The molecular weight excluding hydrogens is 198 g/mol. The number of hydrogen-bond donors (Lipinski definition) is 1. The smallest absolute Gasteiger partial charge is 0.0495 e. The molecule has 0 bridgehead atoms. The van der Waals surface area contributed by atoms with Crippen molar-refractivity contribution in [3.05, 3.63) is 0 Å². The second kappa shape index (κ2) is 6.02. The fourth-order valence-corrected chi connectivity index (χ4v) is 3.42. The molecule has 16 heavy (non-hydrogen) atoms. The lowest BCUT2D eigenvalue weighted by Gasteiger charge is -2.32. The molecule has 0 aromatic heterocycles. The molecule has 1 aliphatic heterocycles. The van der Waals surface area contributed by atoms with Gasteiger partial charge in [0.2, 0.25) is 0 Å². The lowest BCUT2D eigenvalue weighted by atomic mass is 9.80. The zero-order valence-corrected chi connectivity index (χ0v) is 10.9. The van der Waals surface area contributed by atoms with Gasteiger partial charge in [0, 0.05) is 19.3 Å². The summed E-state index contributed by atoms with van der Waals surface area (Å²) in [6, 6.07) is 0.779. The van der Waals surface area contributed by atoms with Crippen LogP contribution in [0.4, 0.5) is 0 Å². The Hall–Kier alpha value is -0.0800. The van der Waals surface area contributed by atoms with Crippen LogP contribution in [0.3, 0.4) is 0 Å². The first-order valence-corrected chi connectivity index (χ1v) is 7.05. The number of rotatable bonds is 4. The van der Waals surface area contributed by atoms with Crippen molar-refractivity contribution < 1.29 is 4.74 Å². The van der Waals surface area contributed by atoms with Crippen molar-refractivity contribution in [2.75, 3.05) is 19.8 Å². The average Bonchev–Trinajstić information content (AvgIpc) is 2.69. The first-order valence-electron chi connectivity index (χ1n) is 7.05. The maximum atomic E-state index is 5.41. The van der Waals surface area contributed by atoms with E-state index in [2.05, 4.69) is 19.2 Å². The summed E-state index contributed by atoms with van der Waals surface area (Å²) in [7, 11) is 0. The second-order valence-corrected chi connectivity index (χ2v) is 6.09. The van der Waals surface area contributed by atoms with Crippen LogP contribution >= 0.6 is 0 Å². The van der Waals surface area contributed by atoms with E-state index in [0.717, 1.165) is 37.0 Å². The summed E-state index contributed by atoms with van der Waals surface area (Å²) in [5.41, 5.74) is 0. The summed E-state index contributed by atoms with van der Waals surface area (Å²) < 4.78 is 5.41. The van der Waals surface area contributed by atoms with Crippen LogP contribution in [0.15, 0.2) is 0 Å². The topological polar surface area (TPSA) is 21.3 Å². The van der Waals surface area contributed by atoms with Crippen molar-refractivity contribution >= 4 is 0 Å². The summed E-state index contributed by atoms with van der Waals surface area (Å²) in [5, 5.41) is 3.75. The molecule has 0 radical (unpaired) electrons. The highest BCUT2D eigenvalue weighted by atomic mass is 16.5. The van der Waals surface area contributed by atoms with Gasteiger partial charge >= 0.3 is 0 Å². The van der Waals surface area contributed by atoms with Crippen molar-refractivity contribution in [2.45, 2.75) is 52.0 Å². The fourth-order valence-electron chi connectivity index (χ4n) is 3.42. The Bertz CT molecular complexity index is 191. The van der Waals surface area contributed by atoms with E-state index < -0.39 is 0 Å². The van der Waals surface area contributed by atoms with Crippen LogP contribution in [0.1, 0.15) is 46.0 Å². The molecule has 3 unspecified atom stereocenters. The predicted molar refractivity (Wildman–Crippen MR) is 67.5 cm³/mol. The molecule has 2 rings (SSSR count). The molecule has 1 saturated carbocycles. The van der Waals surface area contributed by atoms with Gasteiger partial charge in [-0.2, -0.15) is 0 Å². The van der Waals surface area contributed by atoms with E-state index in [-0.39, 0.29) is 0 Å². The van der Waals surface area contributed by atoms with Crippen LogP contribution < -0.4 is 5.32 Å². The summed E-state index contributed by atoms with van der Waals surface area (Å²) in [4.78, 5) is 0. The van der Waals surface area contributed by atoms with E-state index in [9.17, 15) is 0 Å². The van der Waals surface area contributed by atoms with Gasteiger partial charge in [-0.1, -0.05) is 13.8 Å². The molecule has 0 aromatic carbocycles. The van der Waals surface area contributed by atoms with E-state index in [0.29, 0.717) is 0 Å². The van der Waals surface area contributed by atoms with Crippen LogP contribution in [0.5, 0.6) is 0 Å². The third-order valence-corrected chi connectivity index (χ3v) is 4.19. The van der Waals surface area contributed by atoms with Gasteiger partial charge in [-0.3, -0.25) is 0 Å². The Balaban J connectivity index is 1.61. The van der Waals surface area contributed by atoms with Gasteiger partial charge in [0.25, 0.3) is 0 Å². The normalized spacial score (nSPS) is 40.1. The number of hydrogen-bond acceptors (Lipinski definition) is 2. The molecule has 2 aliphatic rings. The number of ether oxygens (including phenoxy) is 1. The summed E-state index contributed by atoms with van der Waals surface area (Å²) in [5.74, 6) is 2.65. The molecule has 2 nitrogen and oxygen atoms in total. The fraction of sp³-hybridized carbons (Fsp3) is 1.00. The van der Waals surface area contributed by atoms with Crippen LogP contribution in [0.2, 0.25) is 0 Å². The molecule has 1 N–H and O–H groups in total. The Morgan fingerprint density at radius 3 is 2.50 bits per heavy atom. The van der Waals surface area contributed by atoms with E-state index in [1.807, 2.05) is 0 Å². The van der Waals surface area contributed by atoms with E-state index >= 15 is 0 Å². The third kappa shape index (κ3) is 3.74. The molecule has 94 valence electrons. The maximum absolute atomic E-state index is 5.41. The van der Waals surface area contributed by atoms with E-state index in [4.69, 9.17) is 4.74 Å². The highest BCUT2D eigenvalue weighted by molar-refractivity contribution is 4.80. The van der Waals surface area contributed by atoms with Gasteiger partial charge in [-0.25, -0.2) is 0 Å². The van der Waals surface area contributed by atoms with Gasteiger partial charge in [-0.15, -0.1) is 0 Å². The summed E-state index contributed by atoms with van der Waals surface area (Å²) in [6.07, 6.45) is 6.77. The standard InChI is InChI=1S/C14H27NO/c1-11-7-12(2)9-14(8-11)15-5-3-13-4-6-16-10-13/h11-15H,3-10H2,1-2H3. The largest absolute Gasteiger partial charge is 0.381 e. The van der Waals surface area contributed by atoms with Crippen molar-refractivity contribution in [1.29, 1.82) is 0 Å². The Morgan fingerprint density at radius 1 is 1.12 bits per heavy atom. The van der Waals surface area contributed by atoms with Gasteiger partial charge < -0.3 is 10.1 Å². The molecule has 0 spiro atoms. The van der Waals surface area contributed by atoms with E-state index in [1.54, 1.807) is 0 Å². The average molecular weight is 225 g/mol. The van der Waals surface area contributed by atoms with Crippen LogP contribution in [0, 0.1) is 17.8 Å². The van der Waals surface area contributed by atoms with Crippen LogP contribution in [-0.2, 0) is 4.74 Å². The van der Waals surface area contributed by atoms with Crippen molar-refractivity contribution in [3.8, 4) is 0 Å². The summed E-state index contributed by atoms with van der Waals surface area (Å²) in [6.45, 7) is 7.98. The maximum Gasteiger partial charge on any atom is 0.0495 e. The van der Waals surface area contributed by atoms with Crippen LogP contribution in [-0.4, -0.2) is 25.8 Å². The lowest BCUT2D eigenvalue weighted by molar-refractivity contribution is 0.182. The van der Waals surface area contributed by atoms with Gasteiger partial charge in [0.15, 0.2) is 0 Å². The minimum absolute atomic E-state index is 0.779. The van der Waals surface area contributed by atoms with Gasteiger partial charge in [-0.05, 0) is 56.4 Å². The zero-order chi connectivity index (χ0) is 11.4. The zero-order valence-electron chi connectivity index (χ0n) is 10.9. The quantitative estimate of drug-likeness (QED) is 0.794. The SMILES string of the molecule is CC1CC(C)CC(NCCC2CCOC2)C1. The first-order chi connectivity index (χ1) is 7.74. The molecule has 1 aliphatic carbocycles. The van der Waals surface area contributed by atoms with Gasteiger partial charge in [0.05, 0.1) is 0 Å². The Morgan fingerprint density at radius 2 is 1.88 bits per heavy atom. The van der Waals surface area contributed by atoms with Crippen molar-refractivity contribution in [3.63, 3.8) is 0 Å². The minimum Gasteiger partial charge on any atom is -0.381 e. The van der Waals surface area contributed by atoms with Crippen molar-refractivity contribution in [2.24, 2.45) is 17.8 Å². The molecule has 1 saturated heterocycles. The summed E-state index contributed by atoms with van der Waals surface area (Å²) >= 11 is 0. The number of nitrogens with one attached hydrogen (secondary N) is 1. The molecule has 0 aromatic rings. The predicted octanol–water partition coefficient (Wildman–Crippen LogP) is 2.83. The molecule has 0 amide bonds. The van der Waals surface area contributed by atoms with Gasteiger partial charge in [0.1, 0.15) is 0 Å². The monoisotopic (exact) mass is 225 g/mol. The first kappa shape index (κ1) is 12.4. The highest BCUT2D eigenvalue weighted by Crippen LogP contribution is 2.28. The highest BCUT2D eigenvalue weighted by Gasteiger charge is 2.23. The van der Waals surface area contributed by atoms with E-state index in [1.165, 1.54) is 38.6 Å². The molecule has 2 fully saturated rings. The Labute approximate surface area is 100 Å².